The second kappa shape index (κ2) is 4.55. The van der Waals surface area contributed by atoms with Gasteiger partial charge in [-0.25, -0.2) is 13.0 Å². The van der Waals surface area contributed by atoms with E-state index < -0.39 is 9.84 Å². The van der Waals surface area contributed by atoms with E-state index in [9.17, 15) is 8.42 Å². The number of sulfone groups is 1. The van der Waals surface area contributed by atoms with E-state index in [-0.39, 0.29) is 5.75 Å². The second-order valence-electron chi connectivity index (χ2n) is 3.60. The summed E-state index contributed by atoms with van der Waals surface area (Å²) in [5.74, 6) is 0.258. The highest BCUT2D eigenvalue weighted by molar-refractivity contribution is 7.90. The monoisotopic (exact) mass is 214 g/mol. The lowest BCUT2D eigenvalue weighted by atomic mass is 10.3. The average molecular weight is 214 g/mol. The minimum Gasteiger partial charge on any atom is -0.229 e. The fourth-order valence-corrected chi connectivity index (χ4v) is 1.95. The highest BCUT2D eigenvalue weighted by atomic mass is 32.2. The van der Waals surface area contributed by atoms with Crippen LogP contribution >= 0.6 is 0 Å². The molecule has 3 nitrogen and oxygen atoms in total. The summed E-state index contributed by atoms with van der Waals surface area (Å²) in [6.45, 7) is 2.78. The van der Waals surface area contributed by atoms with Crippen molar-refractivity contribution >= 4 is 9.84 Å². The summed E-state index contributed by atoms with van der Waals surface area (Å²) in [4.78, 5) is 0. The quantitative estimate of drug-likeness (QED) is 0.693. The zero-order valence-electron chi connectivity index (χ0n) is 8.60. The van der Waals surface area contributed by atoms with Gasteiger partial charge in [0.05, 0.1) is 5.75 Å². The summed E-state index contributed by atoms with van der Waals surface area (Å²) in [5, 5.41) is 0. The molecule has 0 spiro atoms. The lowest BCUT2D eigenvalue weighted by Crippen LogP contribution is -2.33. The molecule has 0 saturated heterocycles. The van der Waals surface area contributed by atoms with Gasteiger partial charge in [0.2, 0.25) is 0 Å². The van der Waals surface area contributed by atoms with Crippen molar-refractivity contribution in [3.8, 4) is 0 Å². The minimum absolute atomic E-state index is 0.258. The van der Waals surface area contributed by atoms with Crippen molar-refractivity contribution in [3.63, 3.8) is 0 Å². The van der Waals surface area contributed by atoms with Crippen LogP contribution in [0.5, 0.6) is 0 Å². The van der Waals surface area contributed by atoms with Gasteiger partial charge in [-0.3, -0.25) is 0 Å². The molecule has 0 amide bonds. The molecule has 0 bridgehead atoms. The Morgan fingerprint density at radius 2 is 2.14 bits per heavy atom. The molecule has 0 saturated carbocycles. The Kier molecular flexibility index (Phi) is 3.63. The lowest BCUT2D eigenvalue weighted by molar-refractivity contribution is -0.697. The Balaban J connectivity index is 2.47. The van der Waals surface area contributed by atoms with Gasteiger partial charge >= 0.3 is 0 Å². The van der Waals surface area contributed by atoms with Crippen molar-refractivity contribution < 1.29 is 13.0 Å². The van der Waals surface area contributed by atoms with Gasteiger partial charge in [0, 0.05) is 24.3 Å². The van der Waals surface area contributed by atoms with Crippen LogP contribution in [-0.4, -0.2) is 20.4 Å². The summed E-state index contributed by atoms with van der Waals surface area (Å²) in [6, 6.07) is 3.99. The third-order valence-corrected chi connectivity index (χ3v) is 2.97. The van der Waals surface area contributed by atoms with Crippen molar-refractivity contribution in [1.29, 1.82) is 0 Å². The van der Waals surface area contributed by atoms with Gasteiger partial charge in [0.25, 0.3) is 0 Å². The smallest absolute Gasteiger partial charge is 0.171 e. The molecular weight excluding hydrogens is 198 g/mol. The minimum atomic E-state index is -2.82. The Labute approximate surface area is 85.3 Å². The zero-order chi connectivity index (χ0) is 10.6. The average Bonchev–Trinajstić information content (AvgIpc) is 2.01. The van der Waals surface area contributed by atoms with Crippen LogP contribution in [0.15, 0.2) is 24.5 Å². The van der Waals surface area contributed by atoms with E-state index in [0.29, 0.717) is 6.42 Å². The van der Waals surface area contributed by atoms with E-state index in [4.69, 9.17) is 0 Å². The number of hydrogen-bond acceptors (Lipinski definition) is 2. The van der Waals surface area contributed by atoms with Gasteiger partial charge in [-0.15, -0.1) is 0 Å². The largest absolute Gasteiger partial charge is 0.229 e. The van der Waals surface area contributed by atoms with Gasteiger partial charge in [0.15, 0.2) is 12.4 Å². The van der Waals surface area contributed by atoms with E-state index >= 15 is 0 Å². The molecular formula is C10H16NO2S+. The van der Waals surface area contributed by atoms with Crippen molar-refractivity contribution in [2.24, 2.45) is 0 Å². The number of rotatable bonds is 4. The molecule has 1 rings (SSSR count). The van der Waals surface area contributed by atoms with Gasteiger partial charge < -0.3 is 0 Å². The molecule has 0 unspecified atom stereocenters. The van der Waals surface area contributed by atoms with Crippen molar-refractivity contribution in [1.82, 2.24) is 0 Å². The molecule has 4 heteroatoms. The van der Waals surface area contributed by atoms with Crippen LogP contribution in [0.4, 0.5) is 0 Å². The third kappa shape index (κ3) is 4.37. The van der Waals surface area contributed by atoms with Crippen LogP contribution in [0.2, 0.25) is 0 Å². The maximum atomic E-state index is 10.9. The van der Waals surface area contributed by atoms with Crippen molar-refractivity contribution in [2.45, 2.75) is 19.9 Å². The molecule has 0 aliphatic carbocycles. The highest BCUT2D eigenvalue weighted by Crippen LogP contribution is 1.92. The molecule has 1 aromatic heterocycles. The molecule has 0 atom stereocenters. The molecule has 0 aliphatic heterocycles. The first-order chi connectivity index (χ1) is 6.47. The number of aromatic nitrogens is 1. The number of aryl methyl sites for hydroxylation is 2. The zero-order valence-corrected chi connectivity index (χ0v) is 9.42. The summed E-state index contributed by atoms with van der Waals surface area (Å²) in [6.07, 6.45) is 5.92. The maximum absolute atomic E-state index is 10.9. The van der Waals surface area contributed by atoms with Gasteiger partial charge in [0.1, 0.15) is 16.4 Å². The van der Waals surface area contributed by atoms with Crippen molar-refractivity contribution in [3.05, 3.63) is 30.1 Å². The first-order valence-corrected chi connectivity index (χ1v) is 6.67. The fourth-order valence-electron chi connectivity index (χ4n) is 1.30. The Bertz CT molecular complexity index is 398. The van der Waals surface area contributed by atoms with Crippen LogP contribution in [0.3, 0.4) is 0 Å². The molecule has 0 aliphatic rings. The summed E-state index contributed by atoms with van der Waals surface area (Å²) in [5.41, 5.74) is 1.19. The van der Waals surface area contributed by atoms with E-state index in [0.717, 1.165) is 6.54 Å². The molecule has 0 radical (unpaired) electrons. The SMILES string of the molecule is Cc1ccc[n+](CCCS(C)(=O)=O)c1. The summed E-state index contributed by atoms with van der Waals surface area (Å²) in [7, 11) is -2.82. The van der Waals surface area contributed by atoms with Gasteiger partial charge in [-0.05, 0) is 13.0 Å². The van der Waals surface area contributed by atoms with Crippen LogP contribution in [0.25, 0.3) is 0 Å². The van der Waals surface area contributed by atoms with Crippen LogP contribution in [0, 0.1) is 6.92 Å². The van der Waals surface area contributed by atoms with E-state index in [1.165, 1.54) is 11.8 Å². The van der Waals surface area contributed by atoms with Crippen LogP contribution in [0.1, 0.15) is 12.0 Å². The normalized spacial score (nSPS) is 11.6. The van der Waals surface area contributed by atoms with E-state index in [1.807, 2.05) is 36.0 Å². The fraction of sp³-hybridized carbons (Fsp3) is 0.500. The Morgan fingerprint density at radius 1 is 1.43 bits per heavy atom. The maximum Gasteiger partial charge on any atom is 0.171 e. The molecule has 1 heterocycles. The summed E-state index contributed by atoms with van der Waals surface area (Å²) >= 11 is 0. The second-order valence-corrected chi connectivity index (χ2v) is 5.86. The predicted octanol–water partition coefficient (Wildman–Crippen LogP) is 0.717. The Hall–Kier alpha value is -0.900. The van der Waals surface area contributed by atoms with Gasteiger partial charge in [-0.1, -0.05) is 0 Å². The number of hydrogen-bond donors (Lipinski definition) is 0. The van der Waals surface area contributed by atoms with E-state index in [1.54, 1.807) is 0 Å². The predicted molar refractivity (Wildman–Crippen MR) is 55.7 cm³/mol. The summed E-state index contributed by atoms with van der Waals surface area (Å²) < 4.78 is 23.8. The molecule has 0 fully saturated rings. The number of nitrogens with zero attached hydrogens (tertiary/aromatic N) is 1. The first-order valence-electron chi connectivity index (χ1n) is 4.61. The van der Waals surface area contributed by atoms with E-state index in [2.05, 4.69) is 0 Å². The standard InChI is InChI=1S/C10H16NO2S/c1-10-5-3-6-11(9-10)7-4-8-14(2,12)13/h3,5-6,9H,4,7-8H2,1-2H3/q+1. The van der Waals surface area contributed by atoms with Crippen molar-refractivity contribution in [2.75, 3.05) is 12.0 Å². The molecule has 0 N–H and O–H groups in total. The molecule has 1 aromatic rings. The third-order valence-electron chi connectivity index (χ3n) is 1.94. The topological polar surface area (TPSA) is 38.0 Å². The van der Waals surface area contributed by atoms with Crippen LogP contribution < -0.4 is 4.57 Å². The highest BCUT2D eigenvalue weighted by Gasteiger charge is 2.05. The molecule has 14 heavy (non-hydrogen) atoms. The van der Waals surface area contributed by atoms with Crippen LogP contribution in [-0.2, 0) is 16.4 Å². The molecule has 0 aromatic carbocycles. The Morgan fingerprint density at radius 3 is 2.71 bits per heavy atom. The molecule has 78 valence electrons. The van der Waals surface area contributed by atoms with Gasteiger partial charge in [-0.2, -0.15) is 0 Å². The number of pyridine rings is 1. The first kappa shape index (κ1) is 11.2. The lowest BCUT2D eigenvalue weighted by Gasteiger charge is -1.97.